The van der Waals surface area contributed by atoms with Crippen molar-refractivity contribution in [1.82, 2.24) is 10.6 Å². The second-order valence-corrected chi connectivity index (χ2v) is 6.97. The molecule has 0 radical (unpaired) electrons. The minimum absolute atomic E-state index is 0.0284. The van der Waals surface area contributed by atoms with Crippen LogP contribution in [0.15, 0.2) is 78.9 Å². The third-order valence-corrected chi connectivity index (χ3v) is 4.60. The maximum Gasteiger partial charge on any atom is 0.257 e. The quantitative estimate of drug-likeness (QED) is 0.533. The maximum absolute atomic E-state index is 13.0. The summed E-state index contributed by atoms with van der Waals surface area (Å²) in [6.07, 6.45) is 0. The number of thiocarbonyl (C=S) groups is 1. The van der Waals surface area contributed by atoms with Gasteiger partial charge in [0.1, 0.15) is 5.82 Å². The zero-order valence-electron chi connectivity index (χ0n) is 16.2. The van der Waals surface area contributed by atoms with Crippen LogP contribution in [0.25, 0.3) is 0 Å². The summed E-state index contributed by atoms with van der Waals surface area (Å²) in [5, 5.41) is 8.39. The van der Waals surface area contributed by atoms with Gasteiger partial charge in [-0.3, -0.25) is 14.9 Å². The van der Waals surface area contributed by atoms with E-state index in [1.54, 1.807) is 24.3 Å². The first kappa shape index (κ1) is 21.1. The molecule has 0 spiro atoms. The van der Waals surface area contributed by atoms with Crippen LogP contribution in [0, 0.1) is 5.82 Å². The summed E-state index contributed by atoms with van der Waals surface area (Å²) in [6, 6.07) is 21.4. The van der Waals surface area contributed by atoms with E-state index < -0.39 is 11.7 Å². The van der Waals surface area contributed by atoms with E-state index in [9.17, 15) is 14.0 Å². The molecule has 0 aliphatic heterocycles. The third-order valence-electron chi connectivity index (χ3n) is 4.40. The molecule has 0 aliphatic rings. The highest BCUT2D eigenvalue weighted by Gasteiger charge is 2.16. The Morgan fingerprint density at radius 1 is 0.867 bits per heavy atom. The molecule has 3 aromatic carbocycles. The Hall–Kier alpha value is -3.58. The summed E-state index contributed by atoms with van der Waals surface area (Å²) in [5.41, 5.74) is 2.10. The SMILES string of the molecule is CC(NC(=O)c1ccccc1NC(=S)NC(=O)c1ccc(F)cc1)c1ccccc1. The van der Waals surface area contributed by atoms with Gasteiger partial charge in [-0.2, -0.15) is 0 Å². The Balaban J connectivity index is 1.67. The summed E-state index contributed by atoms with van der Waals surface area (Å²) in [6.45, 7) is 1.90. The molecule has 3 N–H and O–H groups in total. The van der Waals surface area contributed by atoms with Crippen molar-refractivity contribution in [2.45, 2.75) is 13.0 Å². The normalized spacial score (nSPS) is 11.3. The number of para-hydroxylation sites is 1. The monoisotopic (exact) mass is 421 g/mol. The number of rotatable bonds is 5. The zero-order valence-corrected chi connectivity index (χ0v) is 17.0. The summed E-state index contributed by atoms with van der Waals surface area (Å²) >= 11 is 5.20. The molecule has 3 rings (SSSR count). The molecule has 0 bridgehead atoms. The van der Waals surface area contributed by atoms with E-state index >= 15 is 0 Å². The van der Waals surface area contributed by atoms with Crippen molar-refractivity contribution < 1.29 is 14.0 Å². The van der Waals surface area contributed by atoms with Crippen LogP contribution in [0.5, 0.6) is 0 Å². The van der Waals surface area contributed by atoms with Gasteiger partial charge in [0.2, 0.25) is 0 Å². The number of hydrogen-bond donors (Lipinski definition) is 3. The fourth-order valence-corrected chi connectivity index (χ4v) is 3.02. The van der Waals surface area contributed by atoms with Crippen LogP contribution in [0.2, 0.25) is 0 Å². The smallest absolute Gasteiger partial charge is 0.257 e. The van der Waals surface area contributed by atoms with Gasteiger partial charge in [0, 0.05) is 5.56 Å². The van der Waals surface area contributed by atoms with Crippen molar-refractivity contribution >= 4 is 34.8 Å². The fourth-order valence-electron chi connectivity index (χ4n) is 2.82. The molecule has 5 nitrogen and oxygen atoms in total. The highest BCUT2D eigenvalue weighted by atomic mass is 32.1. The van der Waals surface area contributed by atoms with E-state index in [1.807, 2.05) is 37.3 Å². The van der Waals surface area contributed by atoms with Crippen LogP contribution < -0.4 is 16.0 Å². The third kappa shape index (κ3) is 5.48. The maximum atomic E-state index is 13.0. The number of carbonyl (C=O) groups excluding carboxylic acids is 2. The molecule has 152 valence electrons. The Kier molecular flexibility index (Phi) is 6.87. The summed E-state index contributed by atoms with van der Waals surface area (Å²) in [7, 11) is 0. The molecule has 3 aromatic rings. The molecule has 0 aromatic heterocycles. The summed E-state index contributed by atoms with van der Waals surface area (Å²) in [4.78, 5) is 25.0. The van der Waals surface area contributed by atoms with E-state index in [2.05, 4.69) is 16.0 Å². The van der Waals surface area contributed by atoms with Crippen molar-refractivity contribution in [3.63, 3.8) is 0 Å². The van der Waals surface area contributed by atoms with Gasteiger partial charge in [-0.1, -0.05) is 42.5 Å². The van der Waals surface area contributed by atoms with Gasteiger partial charge < -0.3 is 10.6 Å². The fraction of sp³-hybridized carbons (Fsp3) is 0.0870. The first-order chi connectivity index (χ1) is 14.4. The van der Waals surface area contributed by atoms with E-state index in [0.29, 0.717) is 11.3 Å². The predicted octanol–water partition coefficient (Wildman–Crippen LogP) is 4.44. The molecule has 0 fully saturated rings. The number of hydrogen-bond acceptors (Lipinski definition) is 3. The molecule has 1 atom stereocenters. The molecule has 0 heterocycles. The summed E-state index contributed by atoms with van der Waals surface area (Å²) in [5.74, 6) is -1.19. The lowest BCUT2D eigenvalue weighted by Gasteiger charge is -2.17. The van der Waals surface area contributed by atoms with Gasteiger partial charge in [-0.25, -0.2) is 4.39 Å². The van der Waals surface area contributed by atoms with Crippen molar-refractivity contribution in [2.24, 2.45) is 0 Å². The van der Waals surface area contributed by atoms with Gasteiger partial charge in [0.05, 0.1) is 17.3 Å². The van der Waals surface area contributed by atoms with Gasteiger partial charge in [0.15, 0.2) is 5.11 Å². The zero-order chi connectivity index (χ0) is 21.5. The molecule has 2 amide bonds. The number of anilines is 1. The van der Waals surface area contributed by atoms with E-state index in [0.717, 1.165) is 5.56 Å². The number of halogens is 1. The second kappa shape index (κ2) is 9.76. The van der Waals surface area contributed by atoms with Gasteiger partial charge in [0.25, 0.3) is 11.8 Å². The molecular formula is C23H20FN3O2S. The average molecular weight is 421 g/mol. The van der Waals surface area contributed by atoms with Crippen molar-refractivity contribution in [2.75, 3.05) is 5.32 Å². The topological polar surface area (TPSA) is 70.2 Å². The standard InChI is InChI=1S/C23H20FN3O2S/c1-15(16-7-3-2-4-8-16)25-22(29)19-9-5-6-10-20(19)26-23(30)27-21(28)17-11-13-18(24)14-12-17/h2-15H,1H3,(H,25,29)(H2,26,27,28,30). The van der Waals surface area contributed by atoms with E-state index in [-0.39, 0.29) is 22.6 Å². The van der Waals surface area contributed by atoms with Crippen molar-refractivity contribution in [3.05, 3.63) is 101 Å². The molecular weight excluding hydrogens is 401 g/mol. The lowest BCUT2D eigenvalue weighted by Crippen LogP contribution is -2.35. The minimum atomic E-state index is -0.480. The molecule has 7 heteroatoms. The van der Waals surface area contributed by atoms with Crippen LogP contribution in [0.1, 0.15) is 39.2 Å². The molecule has 0 saturated heterocycles. The Morgan fingerprint density at radius 3 is 2.20 bits per heavy atom. The Bertz CT molecular complexity index is 1060. The second-order valence-electron chi connectivity index (χ2n) is 6.57. The Morgan fingerprint density at radius 2 is 1.50 bits per heavy atom. The van der Waals surface area contributed by atoms with E-state index in [1.165, 1.54) is 24.3 Å². The minimum Gasteiger partial charge on any atom is -0.345 e. The van der Waals surface area contributed by atoms with E-state index in [4.69, 9.17) is 12.2 Å². The number of carbonyl (C=O) groups is 2. The first-order valence-corrected chi connectivity index (χ1v) is 9.67. The molecule has 30 heavy (non-hydrogen) atoms. The molecule has 0 aliphatic carbocycles. The van der Waals surface area contributed by atoms with Crippen molar-refractivity contribution in [3.8, 4) is 0 Å². The van der Waals surface area contributed by atoms with Crippen LogP contribution in [0.3, 0.4) is 0 Å². The highest BCUT2D eigenvalue weighted by molar-refractivity contribution is 7.80. The van der Waals surface area contributed by atoms with Crippen molar-refractivity contribution in [1.29, 1.82) is 0 Å². The first-order valence-electron chi connectivity index (χ1n) is 9.27. The van der Waals surface area contributed by atoms with Crippen LogP contribution >= 0.6 is 12.2 Å². The largest absolute Gasteiger partial charge is 0.345 e. The Labute approximate surface area is 179 Å². The van der Waals surface area contributed by atoms with Gasteiger partial charge >= 0.3 is 0 Å². The number of amides is 2. The van der Waals surface area contributed by atoms with Crippen LogP contribution in [0.4, 0.5) is 10.1 Å². The van der Waals surface area contributed by atoms with Gasteiger partial charge in [-0.15, -0.1) is 0 Å². The lowest BCUT2D eigenvalue weighted by atomic mass is 10.1. The molecule has 0 saturated carbocycles. The van der Waals surface area contributed by atoms with Gasteiger partial charge in [-0.05, 0) is 61.1 Å². The van der Waals surface area contributed by atoms with Crippen LogP contribution in [-0.2, 0) is 0 Å². The number of benzene rings is 3. The summed E-state index contributed by atoms with van der Waals surface area (Å²) < 4.78 is 13.0. The lowest BCUT2D eigenvalue weighted by molar-refractivity contribution is 0.0939. The molecule has 1 unspecified atom stereocenters. The number of nitrogens with one attached hydrogen (secondary N) is 3. The predicted molar refractivity (Wildman–Crippen MR) is 119 cm³/mol. The highest BCUT2D eigenvalue weighted by Crippen LogP contribution is 2.18. The average Bonchev–Trinajstić information content (AvgIpc) is 2.75. The van der Waals surface area contributed by atoms with Crippen LogP contribution in [-0.4, -0.2) is 16.9 Å².